The number of hydrogen-bond acceptors (Lipinski definition) is 8. The van der Waals surface area contributed by atoms with Crippen molar-refractivity contribution in [2.45, 2.75) is 24.7 Å². The number of ketones is 1. The molecule has 2 aromatic carbocycles. The summed E-state index contributed by atoms with van der Waals surface area (Å²) in [6.07, 6.45) is 1.39. The van der Waals surface area contributed by atoms with Crippen LogP contribution in [-0.2, 0) is 19.8 Å². The fraction of sp³-hybridized carbons (Fsp3) is 0.286. The van der Waals surface area contributed by atoms with E-state index in [2.05, 4.69) is 11.4 Å². The van der Waals surface area contributed by atoms with E-state index in [1.807, 2.05) is 0 Å². The van der Waals surface area contributed by atoms with E-state index in [1.165, 1.54) is 4.90 Å². The molecule has 0 bridgehead atoms. The highest BCUT2D eigenvalue weighted by Gasteiger charge is 2.62. The van der Waals surface area contributed by atoms with Crippen molar-refractivity contribution in [3.63, 3.8) is 0 Å². The Bertz CT molecular complexity index is 1450. The summed E-state index contributed by atoms with van der Waals surface area (Å²) in [7, 11) is 5.09. The smallest absolute Gasteiger partial charge is 0.248 e. The molecule has 10 nitrogen and oxygen atoms in total. The zero-order valence-corrected chi connectivity index (χ0v) is 21.4. The Morgan fingerprint density at radius 1 is 1.16 bits per heavy atom. The molecule has 1 spiro atoms. The lowest BCUT2D eigenvalue weighted by molar-refractivity contribution is -0.125. The van der Waals surface area contributed by atoms with Gasteiger partial charge in [0.15, 0.2) is 5.78 Å². The molecule has 0 aromatic heterocycles. The zero-order chi connectivity index (χ0) is 27.2. The Kier molecular flexibility index (Phi) is 6.17. The lowest BCUT2D eigenvalue weighted by Crippen LogP contribution is -2.55. The highest BCUT2D eigenvalue weighted by Crippen LogP contribution is 2.56. The maximum absolute atomic E-state index is 14.5. The number of carbonyl (C=O) groups is 3. The molecule has 5 rings (SSSR count). The van der Waals surface area contributed by atoms with Crippen molar-refractivity contribution in [3.05, 3.63) is 76.8 Å². The van der Waals surface area contributed by atoms with Crippen LogP contribution < -0.4 is 20.7 Å². The van der Waals surface area contributed by atoms with Crippen molar-refractivity contribution in [2.75, 3.05) is 38.0 Å². The van der Waals surface area contributed by atoms with Crippen LogP contribution in [0.5, 0.6) is 5.75 Å². The molecule has 1 aliphatic carbocycles. The standard InChI is InChI=1S/C28H28N6O4/c1-32(2)34-22-9-6-10-23(35)25(22)28(20(15-29)26(34)30)19-7-4-5-8-21(19)33(27(28)37)16-24(36)31-17-11-13-18(38-3)14-12-17/h4-5,7-8,11-14H,6,9-10,16,30H2,1-3H3,(H,31,36)/t28-/m0/s1. The summed E-state index contributed by atoms with van der Waals surface area (Å²) in [5.74, 6) is -0.429. The lowest BCUT2D eigenvalue weighted by Gasteiger charge is -2.45. The number of fused-ring (bicyclic) bond motifs is 3. The van der Waals surface area contributed by atoms with Gasteiger partial charge in [-0.05, 0) is 43.2 Å². The van der Waals surface area contributed by atoms with Gasteiger partial charge in [0.2, 0.25) is 11.8 Å². The number of hydrazine groups is 1. The van der Waals surface area contributed by atoms with Crippen LogP contribution in [-0.4, -0.2) is 55.4 Å². The normalized spacial score (nSPS) is 20.6. The number of hydrogen-bond donors (Lipinski definition) is 2. The summed E-state index contributed by atoms with van der Waals surface area (Å²) in [4.78, 5) is 42.5. The number of nitrogens with zero attached hydrogens (tertiary/aromatic N) is 4. The summed E-state index contributed by atoms with van der Waals surface area (Å²) in [5, 5.41) is 16.5. The van der Waals surface area contributed by atoms with Crippen LogP contribution in [0.4, 0.5) is 11.4 Å². The number of Topliss-reactive ketones (excluding diaryl/α,β-unsaturated/α-hetero) is 1. The predicted molar refractivity (Wildman–Crippen MR) is 140 cm³/mol. The number of benzene rings is 2. The average molecular weight is 513 g/mol. The maximum Gasteiger partial charge on any atom is 0.248 e. The number of nitrogens with two attached hydrogens (primary N) is 1. The van der Waals surface area contributed by atoms with Gasteiger partial charge >= 0.3 is 0 Å². The van der Waals surface area contributed by atoms with Crippen LogP contribution in [0.2, 0.25) is 0 Å². The van der Waals surface area contributed by atoms with Gasteiger partial charge in [0.05, 0.1) is 12.7 Å². The van der Waals surface area contributed by atoms with Crippen LogP contribution in [0, 0.1) is 11.3 Å². The molecule has 194 valence electrons. The maximum atomic E-state index is 14.5. The minimum atomic E-state index is -1.71. The Morgan fingerprint density at radius 2 is 1.87 bits per heavy atom. The Morgan fingerprint density at radius 3 is 2.53 bits per heavy atom. The number of allylic oxidation sites excluding steroid dienone is 1. The number of amides is 2. The molecule has 0 unspecified atom stereocenters. The molecule has 10 heteroatoms. The van der Waals surface area contributed by atoms with Crippen LogP contribution in [0.1, 0.15) is 24.8 Å². The number of nitrogens with one attached hydrogen (secondary N) is 1. The fourth-order valence-electron chi connectivity index (χ4n) is 5.74. The van der Waals surface area contributed by atoms with E-state index in [0.717, 1.165) is 0 Å². The molecular formula is C28H28N6O4. The Labute approximate surface area is 220 Å². The van der Waals surface area contributed by atoms with Gasteiger partial charge in [-0.2, -0.15) is 5.26 Å². The number of ether oxygens (including phenoxy) is 1. The quantitative estimate of drug-likeness (QED) is 0.624. The van der Waals surface area contributed by atoms with Gasteiger partial charge in [0.1, 0.15) is 29.6 Å². The zero-order valence-electron chi connectivity index (χ0n) is 21.4. The molecule has 0 fully saturated rings. The molecule has 2 amide bonds. The van der Waals surface area contributed by atoms with E-state index in [-0.39, 0.29) is 35.7 Å². The number of nitriles is 1. The summed E-state index contributed by atoms with van der Waals surface area (Å²) >= 11 is 0. The molecule has 38 heavy (non-hydrogen) atoms. The molecule has 0 radical (unpaired) electrons. The van der Waals surface area contributed by atoms with Crippen LogP contribution >= 0.6 is 0 Å². The first-order chi connectivity index (χ1) is 18.2. The number of rotatable bonds is 5. The summed E-state index contributed by atoms with van der Waals surface area (Å²) in [6, 6.07) is 16.0. The van der Waals surface area contributed by atoms with Crippen LogP contribution in [0.25, 0.3) is 0 Å². The van der Waals surface area contributed by atoms with Gasteiger partial charge < -0.3 is 20.7 Å². The third-order valence-corrected chi connectivity index (χ3v) is 7.23. The molecule has 2 aliphatic heterocycles. The lowest BCUT2D eigenvalue weighted by atomic mass is 9.64. The van der Waals surface area contributed by atoms with Crippen LogP contribution in [0.3, 0.4) is 0 Å². The van der Waals surface area contributed by atoms with Gasteiger partial charge in [-0.15, -0.1) is 0 Å². The molecule has 1 atom stereocenters. The Hall–Kier alpha value is -4.62. The van der Waals surface area contributed by atoms with Gasteiger partial charge in [0.25, 0.3) is 0 Å². The third-order valence-electron chi connectivity index (χ3n) is 7.23. The molecule has 2 aromatic rings. The molecule has 0 saturated heterocycles. The van der Waals surface area contributed by atoms with Crippen molar-refractivity contribution in [1.82, 2.24) is 10.0 Å². The second-order valence-electron chi connectivity index (χ2n) is 9.56. The first kappa shape index (κ1) is 25.0. The topological polar surface area (TPSA) is 132 Å². The third kappa shape index (κ3) is 3.55. The predicted octanol–water partition coefficient (Wildman–Crippen LogP) is 2.41. The van der Waals surface area contributed by atoms with Crippen molar-refractivity contribution < 1.29 is 19.1 Å². The minimum absolute atomic E-state index is 0.0179. The van der Waals surface area contributed by atoms with Gasteiger partial charge in [-0.1, -0.05) is 18.2 Å². The number of anilines is 2. The monoisotopic (exact) mass is 512 g/mol. The largest absolute Gasteiger partial charge is 0.497 e. The average Bonchev–Trinajstić information content (AvgIpc) is 3.13. The van der Waals surface area contributed by atoms with Crippen molar-refractivity contribution in [3.8, 4) is 11.8 Å². The fourth-order valence-corrected chi connectivity index (χ4v) is 5.74. The highest BCUT2D eigenvalue weighted by atomic mass is 16.5. The van der Waals surface area contributed by atoms with Gasteiger partial charge in [-0.3, -0.25) is 19.4 Å². The second kappa shape index (κ2) is 9.36. The number of methoxy groups -OCH3 is 1. The molecule has 0 saturated carbocycles. The van der Waals surface area contributed by atoms with Crippen molar-refractivity contribution >= 4 is 29.0 Å². The van der Waals surface area contributed by atoms with E-state index >= 15 is 0 Å². The van der Waals surface area contributed by atoms with E-state index in [9.17, 15) is 19.6 Å². The van der Waals surface area contributed by atoms with E-state index in [0.29, 0.717) is 41.2 Å². The number of carbonyl (C=O) groups excluding carboxylic acids is 3. The Balaban J connectivity index is 1.63. The van der Waals surface area contributed by atoms with Gasteiger partial charge in [-0.25, -0.2) is 5.01 Å². The molecule has 3 aliphatic rings. The first-order valence-electron chi connectivity index (χ1n) is 12.3. The van der Waals surface area contributed by atoms with E-state index < -0.39 is 17.2 Å². The summed E-state index contributed by atoms with van der Waals surface area (Å²) in [5.41, 5.74) is 7.19. The molecule has 3 N–H and O–H groups in total. The first-order valence-corrected chi connectivity index (χ1v) is 12.3. The van der Waals surface area contributed by atoms with Gasteiger partial charge in [0, 0.05) is 48.7 Å². The molecular weight excluding hydrogens is 484 g/mol. The summed E-state index contributed by atoms with van der Waals surface area (Å²) in [6.45, 7) is -0.309. The second-order valence-corrected chi connectivity index (χ2v) is 9.56. The van der Waals surface area contributed by atoms with E-state index in [1.54, 1.807) is 79.8 Å². The summed E-state index contributed by atoms with van der Waals surface area (Å²) < 4.78 is 5.16. The van der Waals surface area contributed by atoms with Crippen molar-refractivity contribution in [2.24, 2.45) is 5.73 Å². The van der Waals surface area contributed by atoms with Crippen LogP contribution in [0.15, 0.2) is 71.2 Å². The van der Waals surface area contributed by atoms with Crippen molar-refractivity contribution in [1.29, 1.82) is 5.26 Å². The number of para-hydroxylation sites is 1. The highest BCUT2D eigenvalue weighted by molar-refractivity contribution is 6.21. The van der Waals surface area contributed by atoms with E-state index in [4.69, 9.17) is 10.5 Å². The molecule has 2 heterocycles. The SMILES string of the molecule is COc1ccc(NC(=O)CN2C(=O)[C@]3(C(C#N)=C(N)N(N(C)C)C4=C3C(=O)CCC4)c3ccccc32)cc1. The minimum Gasteiger partial charge on any atom is -0.497 e.